The minimum atomic E-state index is -0.504. The number of ether oxygens (including phenoxy) is 1. The molecule has 5 nitrogen and oxygen atoms in total. The molecule has 2 aromatic carbocycles. The lowest BCUT2D eigenvalue weighted by Gasteiger charge is -2.31. The van der Waals surface area contributed by atoms with E-state index in [9.17, 15) is 9.59 Å². The summed E-state index contributed by atoms with van der Waals surface area (Å²) in [5.74, 6) is 0.897. The summed E-state index contributed by atoms with van der Waals surface area (Å²) in [6, 6.07) is 14.8. The highest BCUT2D eigenvalue weighted by molar-refractivity contribution is 8.00. The largest absolute Gasteiger partial charge is 0.497 e. The van der Waals surface area contributed by atoms with E-state index in [-0.39, 0.29) is 23.6 Å². The summed E-state index contributed by atoms with van der Waals surface area (Å²) in [6.45, 7) is 2.33. The van der Waals surface area contributed by atoms with Crippen molar-refractivity contribution in [3.8, 4) is 5.75 Å². The molecule has 0 saturated heterocycles. The molecule has 0 heterocycles. The van der Waals surface area contributed by atoms with Gasteiger partial charge in [-0.2, -0.15) is 0 Å². The van der Waals surface area contributed by atoms with Gasteiger partial charge >= 0.3 is 0 Å². The lowest BCUT2D eigenvalue weighted by atomic mass is 10.1. The van der Waals surface area contributed by atoms with Gasteiger partial charge in [-0.1, -0.05) is 43.5 Å². The number of carbonyl (C=O) groups is 2. The van der Waals surface area contributed by atoms with Crippen molar-refractivity contribution in [3.05, 3.63) is 59.1 Å². The van der Waals surface area contributed by atoms with Crippen LogP contribution in [0.3, 0.4) is 0 Å². The van der Waals surface area contributed by atoms with Gasteiger partial charge in [-0.05, 0) is 61.2 Å². The second-order valence-electron chi connectivity index (χ2n) is 8.03. The van der Waals surface area contributed by atoms with Crippen LogP contribution in [0.5, 0.6) is 5.75 Å². The first kappa shape index (κ1) is 24.5. The third kappa shape index (κ3) is 6.91. The summed E-state index contributed by atoms with van der Waals surface area (Å²) >= 11 is 7.42. The topological polar surface area (TPSA) is 58.6 Å². The SMILES string of the molecule is CCC(C(=O)NC1CCCC1)N(Cc1ccc(OC)cc1)C(=O)CSc1ccc(Cl)cc1. The Kier molecular flexibility index (Phi) is 9.30. The maximum absolute atomic E-state index is 13.3. The fourth-order valence-electron chi connectivity index (χ4n) is 3.97. The summed E-state index contributed by atoms with van der Waals surface area (Å²) in [4.78, 5) is 29.1. The second-order valence-corrected chi connectivity index (χ2v) is 9.51. The number of halogens is 1. The molecule has 1 unspecified atom stereocenters. The van der Waals surface area contributed by atoms with Crippen LogP contribution >= 0.6 is 23.4 Å². The van der Waals surface area contributed by atoms with Gasteiger partial charge in [0.05, 0.1) is 12.9 Å². The third-order valence-electron chi connectivity index (χ3n) is 5.78. The molecule has 7 heteroatoms. The Labute approximate surface area is 199 Å². The van der Waals surface area contributed by atoms with Crippen LogP contribution in [0.15, 0.2) is 53.4 Å². The first-order valence-electron chi connectivity index (χ1n) is 11.1. The smallest absolute Gasteiger partial charge is 0.243 e. The maximum atomic E-state index is 13.3. The second kappa shape index (κ2) is 12.2. The van der Waals surface area contributed by atoms with Crippen LogP contribution in [-0.4, -0.2) is 41.7 Å². The molecular weight excluding hydrogens is 444 g/mol. The zero-order chi connectivity index (χ0) is 22.9. The van der Waals surface area contributed by atoms with E-state index < -0.39 is 6.04 Å². The molecule has 2 aromatic rings. The Morgan fingerprint density at radius 3 is 2.38 bits per heavy atom. The Morgan fingerprint density at radius 2 is 1.78 bits per heavy atom. The van der Waals surface area contributed by atoms with E-state index in [1.165, 1.54) is 11.8 Å². The fourth-order valence-corrected chi connectivity index (χ4v) is 4.88. The van der Waals surface area contributed by atoms with Gasteiger partial charge in [0.1, 0.15) is 11.8 Å². The molecule has 1 aliphatic rings. The predicted octanol–water partition coefficient (Wildman–Crippen LogP) is 5.31. The Hall–Kier alpha value is -2.18. The molecule has 1 aliphatic carbocycles. The standard InChI is InChI=1S/C25H31ClN2O3S/c1-3-23(25(30)27-20-6-4-5-7-20)28(16-18-8-12-21(31-2)13-9-18)24(29)17-32-22-14-10-19(26)11-15-22/h8-15,20,23H,3-7,16-17H2,1-2H3,(H,27,30). The van der Waals surface area contributed by atoms with E-state index in [4.69, 9.17) is 16.3 Å². The molecule has 1 saturated carbocycles. The van der Waals surface area contributed by atoms with Crippen molar-refractivity contribution < 1.29 is 14.3 Å². The van der Waals surface area contributed by atoms with Crippen molar-refractivity contribution in [1.29, 1.82) is 0 Å². The number of rotatable bonds is 10. The quantitative estimate of drug-likeness (QED) is 0.474. The number of nitrogens with zero attached hydrogens (tertiary/aromatic N) is 1. The number of methoxy groups -OCH3 is 1. The Balaban J connectivity index is 1.74. The van der Waals surface area contributed by atoms with Crippen LogP contribution in [-0.2, 0) is 16.1 Å². The number of hydrogen-bond donors (Lipinski definition) is 1. The van der Waals surface area contributed by atoms with Gasteiger partial charge in [-0.25, -0.2) is 0 Å². The van der Waals surface area contributed by atoms with E-state index in [2.05, 4.69) is 5.32 Å². The normalized spacial score (nSPS) is 14.7. The van der Waals surface area contributed by atoms with Gasteiger partial charge in [0.25, 0.3) is 0 Å². The van der Waals surface area contributed by atoms with Crippen LogP contribution in [0.4, 0.5) is 0 Å². The molecule has 0 bridgehead atoms. The minimum absolute atomic E-state index is 0.0576. The predicted molar refractivity (Wildman–Crippen MR) is 130 cm³/mol. The zero-order valence-corrected chi connectivity index (χ0v) is 20.3. The lowest BCUT2D eigenvalue weighted by molar-refractivity contribution is -0.139. The molecular formula is C25H31ClN2O3S. The number of carbonyl (C=O) groups excluding carboxylic acids is 2. The summed E-state index contributed by atoms with van der Waals surface area (Å²) in [5, 5.41) is 3.84. The van der Waals surface area contributed by atoms with Crippen molar-refractivity contribution in [2.45, 2.75) is 62.6 Å². The highest BCUT2D eigenvalue weighted by Crippen LogP contribution is 2.23. The van der Waals surface area contributed by atoms with Gasteiger partial charge < -0.3 is 15.0 Å². The average Bonchev–Trinajstić information content (AvgIpc) is 3.31. The number of nitrogens with one attached hydrogen (secondary N) is 1. The van der Waals surface area contributed by atoms with Gasteiger partial charge in [-0.15, -0.1) is 11.8 Å². The Bertz CT molecular complexity index is 883. The monoisotopic (exact) mass is 474 g/mol. The summed E-state index contributed by atoms with van der Waals surface area (Å²) in [7, 11) is 1.62. The van der Waals surface area contributed by atoms with Gasteiger partial charge in [0.15, 0.2) is 0 Å². The fraction of sp³-hybridized carbons (Fsp3) is 0.440. The van der Waals surface area contributed by atoms with Crippen molar-refractivity contribution in [1.82, 2.24) is 10.2 Å². The molecule has 0 spiro atoms. The Morgan fingerprint density at radius 1 is 1.12 bits per heavy atom. The van der Waals surface area contributed by atoms with Gasteiger partial charge in [-0.3, -0.25) is 9.59 Å². The summed E-state index contributed by atoms with van der Waals surface area (Å²) in [5.41, 5.74) is 0.961. The van der Waals surface area contributed by atoms with E-state index in [1.807, 2.05) is 55.5 Å². The number of benzene rings is 2. The van der Waals surface area contributed by atoms with Gasteiger partial charge in [0.2, 0.25) is 11.8 Å². The number of amides is 2. The van der Waals surface area contributed by atoms with Crippen molar-refractivity contribution in [2.24, 2.45) is 0 Å². The maximum Gasteiger partial charge on any atom is 0.243 e. The van der Waals surface area contributed by atoms with Crippen molar-refractivity contribution in [3.63, 3.8) is 0 Å². The van der Waals surface area contributed by atoms with E-state index in [0.29, 0.717) is 18.0 Å². The van der Waals surface area contributed by atoms with E-state index >= 15 is 0 Å². The molecule has 1 N–H and O–H groups in total. The summed E-state index contributed by atoms with van der Waals surface area (Å²) in [6.07, 6.45) is 4.88. The minimum Gasteiger partial charge on any atom is -0.497 e. The summed E-state index contributed by atoms with van der Waals surface area (Å²) < 4.78 is 5.24. The van der Waals surface area contributed by atoms with E-state index in [1.54, 1.807) is 12.0 Å². The lowest BCUT2D eigenvalue weighted by Crippen LogP contribution is -2.51. The molecule has 0 radical (unpaired) electrons. The molecule has 3 rings (SSSR count). The van der Waals surface area contributed by atoms with Crippen LogP contribution in [0.2, 0.25) is 5.02 Å². The first-order chi connectivity index (χ1) is 15.5. The number of thioether (sulfide) groups is 1. The molecule has 1 fully saturated rings. The number of hydrogen-bond acceptors (Lipinski definition) is 4. The highest BCUT2D eigenvalue weighted by atomic mass is 35.5. The molecule has 0 aromatic heterocycles. The van der Waals surface area contributed by atoms with Crippen molar-refractivity contribution >= 4 is 35.2 Å². The molecule has 172 valence electrons. The molecule has 32 heavy (non-hydrogen) atoms. The van der Waals surface area contributed by atoms with Crippen LogP contribution in [0.1, 0.15) is 44.6 Å². The molecule has 0 aliphatic heterocycles. The average molecular weight is 475 g/mol. The van der Waals surface area contributed by atoms with Crippen LogP contribution in [0, 0.1) is 0 Å². The van der Waals surface area contributed by atoms with Crippen molar-refractivity contribution in [2.75, 3.05) is 12.9 Å². The van der Waals surface area contributed by atoms with Crippen LogP contribution in [0.25, 0.3) is 0 Å². The highest BCUT2D eigenvalue weighted by Gasteiger charge is 2.30. The van der Waals surface area contributed by atoms with E-state index in [0.717, 1.165) is 41.9 Å². The zero-order valence-electron chi connectivity index (χ0n) is 18.7. The van der Waals surface area contributed by atoms with Crippen LogP contribution < -0.4 is 10.1 Å². The molecule has 1 atom stereocenters. The van der Waals surface area contributed by atoms with Gasteiger partial charge in [0, 0.05) is 22.5 Å². The third-order valence-corrected chi connectivity index (χ3v) is 7.02. The molecule has 2 amide bonds. The first-order valence-corrected chi connectivity index (χ1v) is 12.5.